The quantitative estimate of drug-likeness (QED) is 0.714. The van der Waals surface area contributed by atoms with Gasteiger partial charge >= 0.3 is 5.24 Å². The van der Waals surface area contributed by atoms with Crippen LogP contribution >= 0.6 is 23.5 Å². The fourth-order valence-electron chi connectivity index (χ4n) is 3.32. The highest BCUT2D eigenvalue weighted by molar-refractivity contribution is 8.15. The first-order valence-electron chi connectivity index (χ1n) is 8.53. The molecular weight excluding hydrogens is 338 g/mol. The van der Waals surface area contributed by atoms with Crippen molar-refractivity contribution in [1.29, 1.82) is 0 Å². The Kier molecular flexibility index (Phi) is 6.25. The number of amides is 1. The Bertz CT molecular complexity index is 612. The molecule has 3 rings (SSSR count). The summed E-state index contributed by atoms with van der Waals surface area (Å²) in [6.07, 6.45) is 4.34. The van der Waals surface area contributed by atoms with Crippen LogP contribution in [-0.4, -0.2) is 60.1 Å². The van der Waals surface area contributed by atoms with Gasteiger partial charge in [-0.15, -0.1) is 11.8 Å². The number of thioether (sulfide) groups is 2. The number of carbonyl (C=O) groups excluding carboxylic acids is 1. The zero-order valence-corrected chi connectivity index (χ0v) is 16.0. The van der Waals surface area contributed by atoms with Crippen LogP contribution in [0.3, 0.4) is 0 Å². The Morgan fingerprint density at radius 3 is 2.67 bits per heavy atom. The lowest BCUT2D eigenvalue weighted by molar-refractivity contribution is 0.253. The minimum Gasteiger partial charge on any atom is -0.368 e. The number of hydrogen-bond acceptors (Lipinski definition) is 5. The summed E-state index contributed by atoms with van der Waals surface area (Å²) in [7, 11) is 0. The van der Waals surface area contributed by atoms with E-state index in [9.17, 15) is 4.79 Å². The fraction of sp³-hybridized carbons (Fsp3) is 0.556. The molecule has 1 aromatic carbocycles. The van der Waals surface area contributed by atoms with Crippen LogP contribution in [0.1, 0.15) is 19.8 Å². The summed E-state index contributed by atoms with van der Waals surface area (Å²) in [5.74, 6) is 0. The molecule has 130 valence electrons. The zero-order valence-electron chi connectivity index (χ0n) is 14.4. The molecule has 2 aliphatic rings. The van der Waals surface area contributed by atoms with Crippen LogP contribution in [0.25, 0.3) is 0 Å². The third-order valence-electron chi connectivity index (χ3n) is 4.72. The number of benzene rings is 1. The monoisotopic (exact) mass is 363 g/mol. The second kappa shape index (κ2) is 8.41. The van der Waals surface area contributed by atoms with E-state index in [1.807, 2.05) is 18.7 Å². The maximum atomic E-state index is 11.3. The van der Waals surface area contributed by atoms with Crippen molar-refractivity contribution in [2.24, 2.45) is 4.99 Å². The molecule has 1 aromatic rings. The van der Waals surface area contributed by atoms with Crippen LogP contribution in [0.2, 0.25) is 0 Å². The summed E-state index contributed by atoms with van der Waals surface area (Å²) in [5, 5.41) is 0.297. The largest absolute Gasteiger partial charge is 0.368 e. The first kappa shape index (κ1) is 17.8. The Balaban J connectivity index is 1.42. The molecular formula is C18H25N3OS2. The summed E-state index contributed by atoms with van der Waals surface area (Å²) in [5.41, 5.74) is 2.38. The molecule has 1 unspecified atom stereocenters. The molecule has 0 bridgehead atoms. The predicted molar refractivity (Wildman–Crippen MR) is 106 cm³/mol. The second-order valence-corrected chi connectivity index (χ2v) is 8.27. The normalized spacial score (nSPS) is 22.1. The number of carbonyl (C=O) groups is 1. The van der Waals surface area contributed by atoms with E-state index >= 15 is 0 Å². The highest BCUT2D eigenvalue weighted by Gasteiger charge is 2.25. The molecule has 1 atom stereocenters. The maximum Gasteiger partial charge on any atom is 0.305 e. The third kappa shape index (κ3) is 4.35. The molecule has 1 amide bonds. The Morgan fingerprint density at radius 2 is 2.00 bits per heavy atom. The van der Waals surface area contributed by atoms with E-state index in [4.69, 9.17) is 0 Å². The van der Waals surface area contributed by atoms with Gasteiger partial charge in [0.25, 0.3) is 0 Å². The number of hydrogen-bond donors (Lipinski definition) is 0. The van der Waals surface area contributed by atoms with Crippen molar-refractivity contribution in [3.05, 3.63) is 24.3 Å². The van der Waals surface area contributed by atoms with Crippen molar-refractivity contribution < 1.29 is 4.79 Å². The van der Waals surface area contributed by atoms with Crippen molar-refractivity contribution in [3.8, 4) is 0 Å². The predicted octanol–water partition coefficient (Wildman–Crippen LogP) is 4.01. The smallest absolute Gasteiger partial charge is 0.305 e. The van der Waals surface area contributed by atoms with Gasteiger partial charge in [0.15, 0.2) is 0 Å². The van der Waals surface area contributed by atoms with Crippen molar-refractivity contribution in [3.63, 3.8) is 0 Å². The van der Waals surface area contributed by atoms with Crippen LogP contribution in [0.15, 0.2) is 34.2 Å². The van der Waals surface area contributed by atoms with E-state index in [2.05, 4.69) is 45.3 Å². The minimum absolute atomic E-state index is 0.0152. The molecule has 0 aromatic heterocycles. The Morgan fingerprint density at radius 1 is 1.25 bits per heavy atom. The number of nitrogens with zero attached hydrogens (tertiary/aromatic N) is 3. The van der Waals surface area contributed by atoms with Crippen molar-refractivity contribution >= 4 is 40.2 Å². The van der Waals surface area contributed by atoms with Gasteiger partial charge in [0.2, 0.25) is 0 Å². The summed E-state index contributed by atoms with van der Waals surface area (Å²) in [4.78, 5) is 21.7. The van der Waals surface area contributed by atoms with Gasteiger partial charge in [-0.05, 0) is 44.7 Å². The summed E-state index contributed by atoms with van der Waals surface area (Å²) in [6.45, 7) is 7.52. The average molecular weight is 364 g/mol. The minimum atomic E-state index is -0.0152. The van der Waals surface area contributed by atoms with Gasteiger partial charge in [0.05, 0.1) is 10.9 Å². The van der Waals surface area contributed by atoms with Crippen molar-refractivity contribution in [2.45, 2.75) is 29.9 Å². The Labute approximate surface area is 153 Å². The third-order valence-corrected chi connectivity index (χ3v) is 6.65. The lowest BCUT2D eigenvalue weighted by Crippen LogP contribution is -2.46. The molecule has 2 heterocycles. The van der Waals surface area contributed by atoms with Crippen molar-refractivity contribution in [2.75, 3.05) is 43.9 Å². The topological polar surface area (TPSA) is 35.9 Å². The molecule has 1 fully saturated rings. The number of aliphatic imine (C=N–C) groups is 1. The molecule has 1 saturated heterocycles. The molecule has 4 nitrogen and oxygen atoms in total. The lowest BCUT2D eigenvalue weighted by Gasteiger charge is -2.37. The molecule has 0 spiro atoms. The van der Waals surface area contributed by atoms with Crippen molar-refractivity contribution in [1.82, 2.24) is 4.90 Å². The SMILES string of the molecule is CSc1ccccc1N1CCN(CCCC2SC(=O)N=C2C)CC1. The highest BCUT2D eigenvalue weighted by Crippen LogP contribution is 2.29. The second-order valence-electron chi connectivity index (χ2n) is 6.27. The van der Waals surface area contributed by atoms with Crippen LogP contribution in [-0.2, 0) is 0 Å². The first-order valence-corrected chi connectivity index (χ1v) is 10.6. The van der Waals surface area contributed by atoms with Gasteiger partial charge in [0, 0.05) is 36.8 Å². The lowest BCUT2D eigenvalue weighted by atomic mass is 10.1. The van der Waals surface area contributed by atoms with Crippen LogP contribution < -0.4 is 4.90 Å². The summed E-state index contributed by atoms with van der Waals surface area (Å²) in [6, 6.07) is 8.68. The number of rotatable bonds is 6. The summed E-state index contributed by atoms with van der Waals surface area (Å²) < 4.78 is 0. The van der Waals surface area contributed by atoms with Gasteiger partial charge in [-0.25, -0.2) is 4.99 Å². The van der Waals surface area contributed by atoms with Gasteiger partial charge < -0.3 is 4.90 Å². The highest BCUT2D eigenvalue weighted by atomic mass is 32.2. The molecule has 0 radical (unpaired) electrons. The molecule has 0 saturated carbocycles. The molecule has 6 heteroatoms. The Hall–Kier alpha value is -0.980. The molecule has 0 aliphatic carbocycles. The van der Waals surface area contributed by atoms with Crippen LogP contribution in [0.5, 0.6) is 0 Å². The number of para-hydroxylation sites is 1. The standard InChI is InChI=1S/C18H25N3OS2/c1-14-16(24-18(22)19-14)8-5-9-20-10-12-21(13-11-20)15-6-3-4-7-17(15)23-2/h3-4,6-7,16H,5,8-13H2,1-2H3. The van der Waals surface area contributed by atoms with Gasteiger partial charge in [0.1, 0.15) is 0 Å². The van der Waals surface area contributed by atoms with Crippen LogP contribution in [0, 0.1) is 0 Å². The first-order chi connectivity index (χ1) is 11.7. The number of anilines is 1. The van der Waals surface area contributed by atoms with Gasteiger partial charge in [-0.1, -0.05) is 23.9 Å². The fourth-order valence-corrected chi connectivity index (χ4v) is 4.89. The van der Waals surface area contributed by atoms with E-state index in [1.54, 1.807) is 0 Å². The van der Waals surface area contributed by atoms with E-state index in [0.717, 1.165) is 51.3 Å². The number of piperazine rings is 1. The van der Waals surface area contributed by atoms with E-state index in [-0.39, 0.29) is 5.24 Å². The molecule has 0 N–H and O–H groups in total. The van der Waals surface area contributed by atoms with Gasteiger partial charge in [-0.3, -0.25) is 9.69 Å². The molecule has 24 heavy (non-hydrogen) atoms. The van der Waals surface area contributed by atoms with Gasteiger partial charge in [-0.2, -0.15) is 0 Å². The van der Waals surface area contributed by atoms with E-state index in [1.165, 1.54) is 22.3 Å². The summed E-state index contributed by atoms with van der Waals surface area (Å²) >= 11 is 3.21. The van der Waals surface area contributed by atoms with E-state index < -0.39 is 0 Å². The maximum absolute atomic E-state index is 11.3. The molecule has 2 aliphatic heterocycles. The van der Waals surface area contributed by atoms with E-state index in [0.29, 0.717) is 5.25 Å². The zero-order chi connectivity index (χ0) is 16.9. The van der Waals surface area contributed by atoms with Crippen LogP contribution in [0.4, 0.5) is 10.5 Å². The average Bonchev–Trinajstić information content (AvgIpc) is 2.93.